The summed E-state index contributed by atoms with van der Waals surface area (Å²) >= 11 is 0. The maximum atomic E-state index is 13.0. The summed E-state index contributed by atoms with van der Waals surface area (Å²) in [6, 6.07) is 15.5. The number of benzene rings is 2. The molecule has 0 atom stereocenters. The van der Waals surface area contributed by atoms with Crippen LogP contribution in [-0.4, -0.2) is 95.3 Å². The molecule has 2 saturated heterocycles. The highest BCUT2D eigenvalue weighted by Crippen LogP contribution is 2.32. The molecule has 2 aromatic heterocycles. The molecule has 2 saturated carbocycles. The van der Waals surface area contributed by atoms with E-state index in [1.54, 1.807) is 6.07 Å². The Hall–Kier alpha value is -4.02. The largest absolute Gasteiger partial charge is 0.493 e. The Bertz CT molecular complexity index is 1740. The van der Waals surface area contributed by atoms with E-state index in [0.29, 0.717) is 17.5 Å². The first-order chi connectivity index (χ1) is 25.0. The van der Waals surface area contributed by atoms with Crippen molar-refractivity contribution >= 4 is 33.7 Å². The number of ether oxygens (including phenoxy) is 2. The van der Waals surface area contributed by atoms with Crippen LogP contribution in [0.25, 0.3) is 21.8 Å². The number of piperidine rings is 1. The predicted molar refractivity (Wildman–Crippen MR) is 201 cm³/mol. The zero-order valence-corrected chi connectivity index (χ0v) is 30.0. The third-order valence-electron chi connectivity index (χ3n) is 11.5. The minimum Gasteiger partial charge on any atom is -0.493 e. The zero-order valence-electron chi connectivity index (χ0n) is 30.0. The van der Waals surface area contributed by atoms with Gasteiger partial charge in [0.1, 0.15) is 22.9 Å². The molecule has 2 aliphatic heterocycles. The lowest BCUT2D eigenvalue weighted by molar-refractivity contribution is 0.0691. The van der Waals surface area contributed by atoms with E-state index < -0.39 is 5.97 Å². The molecule has 0 bridgehead atoms. The summed E-state index contributed by atoms with van der Waals surface area (Å²) < 4.78 is 11.9. The number of carboxylic acid groups (broad SMARTS) is 1. The van der Waals surface area contributed by atoms with Gasteiger partial charge in [0.25, 0.3) is 5.91 Å². The molecular weight excluding hydrogens is 642 g/mol. The molecule has 4 N–H and O–H groups in total. The first kappa shape index (κ1) is 35.4. The molecule has 1 amide bonds. The van der Waals surface area contributed by atoms with E-state index in [-0.39, 0.29) is 17.6 Å². The summed E-state index contributed by atoms with van der Waals surface area (Å²) in [5.74, 6) is 2.06. The molecule has 51 heavy (non-hydrogen) atoms. The standard InChI is InChI=1S/C27H40N4O2.C14H15NO3/c32-27(25-19-23-24(29-25)9-6-10-26(23)33-20-21-7-5-8-21)28-22-11-15-31(16-12-22)18-17-30-13-3-1-2-4-14-30;16-14(17)12-7-10-11(15-12)5-2-6-13(10)18-8-9-3-1-4-9/h6,9-10,19,21-22,29H,1-5,7-8,11-18,20H2,(H,28,32);2,5-7,9,15H,1,3-4,8H2,(H,16,17). The molecule has 4 fully saturated rings. The topological polar surface area (TPSA) is 123 Å². The molecule has 2 aromatic carbocycles. The van der Waals surface area contributed by atoms with Gasteiger partial charge in [-0.25, -0.2) is 4.79 Å². The van der Waals surface area contributed by atoms with Crippen molar-refractivity contribution in [3.63, 3.8) is 0 Å². The number of fused-ring (bicyclic) bond motifs is 2. The monoisotopic (exact) mass is 697 g/mol. The van der Waals surface area contributed by atoms with E-state index >= 15 is 0 Å². The fourth-order valence-corrected chi connectivity index (χ4v) is 7.68. The number of hydrogen-bond donors (Lipinski definition) is 4. The van der Waals surface area contributed by atoms with Gasteiger partial charge >= 0.3 is 5.97 Å². The third-order valence-corrected chi connectivity index (χ3v) is 11.5. The number of rotatable bonds is 12. The number of nitrogens with zero attached hydrogens (tertiary/aromatic N) is 2. The number of carbonyl (C=O) groups is 2. The number of H-pyrrole nitrogens is 2. The Morgan fingerprint density at radius 1 is 0.667 bits per heavy atom. The van der Waals surface area contributed by atoms with Crippen LogP contribution in [0.2, 0.25) is 0 Å². The van der Waals surface area contributed by atoms with Crippen LogP contribution >= 0.6 is 0 Å². The fraction of sp³-hybridized carbons (Fsp3) is 0.561. The Balaban J connectivity index is 0.000000190. The quantitative estimate of drug-likeness (QED) is 0.121. The van der Waals surface area contributed by atoms with Gasteiger partial charge in [0.15, 0.2) is 0 Å². The van der Waals surface area contributed by atoms with Crippen molar-refractivity contribution in [1.82, 2.24) is 25.1 Å². The Labute approximate surface area is 301 Å². The summed E-state index contributed by atoms with van der Waals surface area (Å²) in [6.45, 7) is 8.54. The molecule has 8 rings (SSSR count). The van der Waals surface area contributed by atoms with E-state index in [9.17, 15) is 9.59 Å². The maximum Gasteiger partial charge on any atom is 0.352 e. The average Bonchev–Trinajstić information content (AvgIpc) is 3.66. The van der Waals surface area contributed by atoms with Crippen molar-refractivity contribution in [3.05, 3.63) is 59.9 Å². The van der Waals surface area contributed by atoms with Crippen LogP contribution in [0.15, 0.2) is 48.5 Å². The van der Waals surface area contributed by atoms with E-state index in [2.05, 4.69) is 25.1 Å². The molecule has 4 heterocycles. The Morgan fingerprint density at radius 2 is 1.18 bits per heavy atom. The van der Waals surface area contributed by atoms with E-state index in [1.165, 1.54) is 83.8 Å². The molecule has 10 heteroatoms. The van der Waals surface area contributed by atoms with Gasteiger partial charge in [-0.2, -0.15) is 0 Å². The van der Waals surface area contributed by atoms with Crippen LogP contribution in [0, 0.1) is 11.8 Å². The van der Waals surface area contributed by atoms with Crippen LogP contribution in [0.5, 0.6) is 11.5 Å². The Morgan fingerprint density at radius 3 is 1.69 bits per heavy atom. The summed E-state index contributed by atoms with van der Waals surface area (Å²) in [4.78, 5) is 35.3. The summed E-state index contributed by atoms with van der Waals surface area (Å²) in [5.41, 5.74) is 2.60. The first-order valence-corrected chi connectivity index (χ1v) is 19.5. The predicted octanol–water partition coefficient (Wildman–Crippen LogP) is 7.46. The summed E-state index contributed by atoms with van der Waals surface area (Å²) in [6.07, 6.45) is 15.2. The van der Waals surface area contributed by atoms with Crippen LogP contribution in [0.4, 0.5) is 0 Å². The van der Waals surface area contributed by atoms with Gasteiger partial charge < -0.3 is 39.7 Å². The average molecular weight is 698 g/mol. The van der Waals surface area contributed by atoms with Crippen LogP contribution in [0.1, 0.15) is 98.0 Å². The number of nitrogens with one attached hydrogen (secondary N) is 3. The molecule has 2 aliphatic carbocycles. The molecule has 0 spiro atoms. The van der Waals surface area contributed by atoms with Gasteiger partial charge in [-0.05, 0) is 113 Å². The lowest BCUT2D eigenvalue weighted by Crippen LogP contribution is -2.46. The van der Waals surface area contributed by atoms with Gasteiger partial charge in [0.05, 0.1) is 13.2 Å². The van der Waals surface area contributed by atoms with Gasteiger partial charge in [-0.15, -0.1) is 0 Å². The van der Waals surface area contributed by atoms with E-state index in [0.717, 1.165) is 79.0 Å². The number of carboxylic acids is 1. The second-order valence-electron chi connectivity index (χ2n) is 15.2. The second kappa shape index (κ2) is 17.0. The van der Waals surface area contributed by atoms with E-state index in [4.69, 9.17) is 14.6 Å². The fourth-order valence-electron chi connectivity index (χ4n) is 7.68. The van der Waals surface area contributed by atoms with Crippen molar-refractivity contribution < 1.29 is 24.2 Å². The van der Waals surface area contributed by atoms with Crippen molar-refractivity contribution in [2.45, 2.75) is 83.1 Å². The number of hydrogen-bond acceptors (Lipinski definition) is 6. The number of aromatic amines is 2. The molecule has 4 aliphatic rings. The van der Waals surface area contributed by atoms with Gasteiger partial charge in [-0.3, -0.25) is 4.79 Å². The minimum absolute atomic E-state index is 0.000778. The summed E-state index contributed by atoms with van der Waals surface area (Å²) in [7, 11) is 0. The smallest absolute Gasteiger partial charge is 0.352 e. The summed E-state index contributed by atoms with van der Waals surface area (Å²) in [5, 5.41) is 14.1. The zero-order chi connectivity index (χ0) is 35.0. The normalized spacial score (nSPS) is 19.5. The lowest BCUT2D eigenvalue weighted by atomic mass is 9.86. The third kappa shape index (κ3) is 9.26. The molecular formula is C41H55N5O5. The van der Waals surface area contributed by atoms with E-state index in [1.807, 2.05) is 42.5 Å². The van der Waals surface area contributed by atoms with Gasteiger partial charge in [-0.1, -0.05) is 37.8 Å². The molecule has 0 unspecified atom stereocenters. The van der Waals surface area contributed by atoms with Crippen molar-refractivity contribution in [1.29, 1.82) is 0 Å². The molecule has 4 aromatic rings. The molecule has 10 nitrogen and oxygen atoms in total. The SMILES string of the molecule is O=C(NC1CCN(CCN2CCCCCC2)CC1)c1cc2c(OCC3CCC3)cccc2[nH]1.O=C(O)c1cc2c(OCC3CCC3)cccc2[nH]1. The minimum atomic E-state index is -0.948. The number of amides is 1. The lowest BCUT2D eigenvalue weighted by Gasteiger charge is -2.33. The maximum absolute atomic E-state index is 13.0. The number of aromatic carboxylic acids is 1. The number of likely N-dealkylation sites (tertiary alicyclic amines) is 2. The van der Waals surface area contributed by atoms with Crippen LogP contribution < -0.4 is 14.8 Å². The van der Waals surface area contributed by atoms with Crippen LogP contribution in [-0.2, 0) is 0 Å². The van der Waals surface area contributed by atoms with Crippen molar-refractivity contribution in [2.75, 3.05) is 52.5 Å². The highest BCUT2D eigenvalue weighted by atomic mass is 16.5. The van der Waals surface area contributed by atoms with Crippen LogP contribution in [0.3, 0.4) is 0 Å². The van der Waals surface area contributed by atoms with Crippen molar-refractivity contribution in [2.24, 2.45) is 11.8 Å². The highest BCUT2D eigenvalue weighted by Gasteiger charge is 2.24. The van der Waals surface area contributed by atoms with Crippen molar-refractivity contribution in [3.8, 4) is 11.5 Å². The Kier molecular flexibility index (Phi) is 11.8. The number of aromatic nitrogens is 2. The van der Waals surface area contributed by atoms with Gasteiger partial charge in [0, 0.05) is 54.0 Å². The first-order valence-electron chi connectivity index (χ1n) is 19.5. The molecule has 274 valence electrons. The molecule has 0 radical (unpaired) electrons. The second-order valence-corrected chi connectivity index (χ2v) is 15.2. The highest BCUT2D eigenvalue weighted by molar-refractivity contribution is 6.00. The number of carbonyl (C=O) groups excluding carboxylic acids is 1. The van der Waals surface area contributed by atoms with Gasteiger partial charge in [0.2, 0.25) is 0 Å².